The number of phosphoric acid groups is 1. The Morgan fingerprint density at radius 3 is 1.53 bits per heavy atom. The van der Waals surface area contributed by atoms with Gasteiger partial charge in [-0.15, -0.1) is 0 Å². The summed E-state index contributed by atoms with van der Waals surface area (Å²) in [4.78, 5) is 35.3. The average molecular weight is 795 g/mol. The molecule has 2 atom stereocenters. The predicted molar refractivity (Wildman–Crippen MR) is 229 cm³/mol. The first kappa shape index (κ1) is 52.7. The summed E-state index contributed by atoms with van der Waals surface area (Å²) < 4.78 is 34.2. The van der Waals surface area contributed by atoms with Crippen molar-refractivity contribution < 1.29 is 42.1 Å². The SMILES string of the molecule is CC/C=C\C/C=C\C/C=C\C/C=C\C/C=C\CCCC(=O)OC[C@H](COP(=O)(O)OCC[N+](C)(C)C)OC(=O)CCCCCCCCCCCCCCCC. The van der Waals surface area contributed by atoms with Crippen molar-refractivity contribution in [2.75, 3.05) is 47.5 Å². The summed E-state index contributed by atoms with van der Waals surface area (Å²) in [6.45, 7) is 4.23. The van der Waals surface area contributed by atoms with Crippen LogP contribution in [0.1, 0.15) is 162 Å². The van der Waals surface area contributed by atoms with Gasteiger partial charge in [-0.25, -0.2) is 4.57 Å². The Morgan fingerprint density at radius 2 is 1.04 bits per heavy atom. The van der Waals surface area contributed by atoms with E-state index in [2.05, 4.69) is 74.6 Å². The highest BCUT2D eigenvalue weighted by atomic mass is 31.2. The van der Waals surface area contributed by atoms with Crippen molar-refractivity contribution in [1.82, 2.24) is 0 Å². The maximum atomic E-state index is 12.7. The Bertz CT molecular complexity index is 1120. The monoisotopic (exact) mass is 795 g/mol. The molecule has 0 bridgehead atoms. The minimum atomic E-state index is -4.39. The summed E-state index contributed by atoms with van der Waals surface area (Å²) in [5.41, 5.74) is 0. The third-order valence-corrected chi connectivity index (χ3v) is 9.80. The highest BCUT2D eigenvalue weighted by molar-refractivity contribution is 7.47. The number of ether oxygens (including phenoxy) is 2. The molecule has 0 aromatic carbocycles. The number of unbranched alkanes of at least 4 members (excludes halogenated alkanes) is 14. The number of phosphoric ester groups is 1. The molecule has 0 aliphatic heterocycles. The molecule has 0 heterocycles. The van der Waals surface area contributed by atoms with Gasteiger partial charge in [0.25, 0.3) is 0 Å². The van der Waals surface area contributed by atoms with Gasteiger partial charge in [-0.05, 0) is 51.4 Å². The molecule has 0 radical (unpaired) electrons. The van der Waals surface area contributed by atoms with Crippen LogP contribution in [-0.2, 0) is 32.7 Å². The van der Waals surface area contributed by atoms with Gasteiger partial charge in [0.1, 0.15) is 19.8 Å². The number of esters is 2. The Balaban J connectivity index is 4.47. The van der Waals surface area contributed by atoms with E-state index in [4.69, 9.17) is 18.5 Å². The standard InChI is InChI=1S/C45H80NO8P/c1-6-8-10-12-14-16-18-20-22-23-24-26-27-29-31-33-35-37-44(47)51-41-43(42-53-55(49,50)52-40-39-46(3,4)5)54-45(48)38-36-34-32-30-28-25-21-19-17-15-13-11-9-7-2/h8,10,14,16,20,22,24,26,29,31,43H,6-7,9,11-13,15,17-19,21,23,25,27-28,30,32-42H2,1-5H3/p+1/b10-8-,16-14-,22-20-,26-24-,31-29-/t43-/m1/s1. The lowest BCUT2D eigenvalue weighted by Gasteiger charge is -2.24. The van der Waals surface area contributed by atoms with E-state index in [1.54, 1.807) is 0 Å². The first-order valence-electron chi connectivity index (χ1n) is 21.5. The fraction of sp³-hybridized carbons (Fsp3) is 0.733. The molecule has 0 fully saturated rings. The van der Waals surface area contributed by atoms with Crippen molar-refractivity contribution >= 4 is 19.8 Å². The van der Waals surface area contributed by atoms with Crippen LogP contribution in [0.2, 0.25) is 0 Å². The number of allylic oxidation sites excluding steroid dienone is 10. The van der Waals surface area contributed by atoms with Crippen molar-refractivity contribution in [3.63, 3.8) is 0 Å². The smallest absolute Gasteiger partial charge is 0.462 e. The molecule has 0 saturated heterocycles. The predicted octanol–water partition coefficient (Wildman–Crippen LogP) is 12.1. The van der Waals surface area contributed by atoms with Gasteiger partial charge < -0.3 is 18.9 Å². The van der Waals surface area contributed by atoms with E-state index in [9.17, 15) is 19.0 Å². The van der Waals surface area contributed by atoms with Gasteiger partial charge in [-0.2, -0.15) is 0 Å². The quantitative estimate of drug-likeness (QED) is 0.0216. The van der Waals surface area contributed by atoms with Crippen LogP contribution >= 0.6 is 7.82 Å². The summed E-state index contributed by atoms with van der Waals surface area (Å²) >= 11 is 0. The van der Waals surface area contributed by atoms with Gasteiger partial charge in [0.05, 0.1) is 27.7 Å². The van der Waals surface area contributed by atoms with Crippen molar-refractivity contribution in [3.8, 4) is 0 Å². The normalized spacial score (nSPS) is 14.2. The van der Waals surface area contributed by atoms with Crippen LogP contribution < -0.4 is 0 Å². The molecule has 9 nitrogen and oxygen atoms in total. The van der Waals surface area contributed by atoms with Gasteiger partial charge in [-0.3, -0.25) is 18.6 Å². The Morgan fingerprint density at radius 1 is 0.582 bits per heavy atom. The Labute approximate surface area is 336 Å². The fourth-order valence-corrected chi connectivity index (χ4v) is 6.20. The van der Waals surface area contributed by atoms with Crippen molar-refractivity contribution in [1.29, 1.82) is 0 Å². The van der Waals surface area contributed by atoms with Crippen LogP contribution in [0.3, 0.4) is 0 Å². The third-order valence-electron chi connectivity index (χ3n) is 8.81. The Hall–Kier alpha value is -2.29. The summed E-state index contributed by atoms with van der Waals surface area (Å²) in [6.07, 6.45) is 44.2. The largest absolute Gasteiger partial charge is 0.472 e. The second-order valence-electron chi connectivity index (χ2n) is 15.4. The number of likely N-dealkylation sites (N-methyl/N-ethyl adjacent to an activating group) is 1. The maximum Gasteiger partial charge on any atom is 0.472 e. The van der Waals surface area contributed by atoms with E-state index in [1.807, 2.05) is 21.1 Å². The molecule has 1 N–H and O–H groups in total. The zero-order valence-electron chi connectivity index (χ0n) is 35.6. The lowest BCUT2D eigenvalue weighted by Crippen LogP contribution is -2.37. The first-order chi connectivity index (χ1) is 26.5. The third kappa shape index (κ3) is 41.2. The van der Waals surface area contributed by atoms with Crippen LogP contribution in [0, 0.1) is 0 Å². The van der Waals surface area contributed by atoms with Crippen LogP contribution in [0.4, 0.5) is 0 Å². The lowest BCUT2D eigenvalue weighted by atomic mass is 10.0. The van der Waals surface area contributed by atoms with E-state index in [-0.39, 0.29) is 26.1 Å². The van der Waals surface area contributed by atoms with Crippen LogP contribution in [0.5, 0.6) is 0 Å². The topological polar surface area (TPSA) is 108 Å². The van der Waals surface area contributed by atoms with Crippen LogP contribution in [-0.4, -0.2) is 74.9 Å². The highest BCUT2D eigenvalue weighted by Gasteiger charge is 2.27. The maximum absolute atomic E-state index is 12.7. The second kappa shape index (κ2) is 37.3. The molecule has 318 valence electrons. The molecule has 0 aromatic rings. The molecule has 0 rings (SSSR count). The Kier molecular flexibility index (Phi) is 35.7. The first-order valence-corrected chi connectivity index (χ1v) is 23.0. The zero-order valence-corrected chi connectivity index (χ0v) is 36.5. The van der Waals surface area contributed by atoms with Crippen LogP contribution in [0.25, 0.3) is 0 Å². The van der Waals surface area contributed by atoms with Gasteiger partial charge in [-0.1, -0.05) is 158 Å². The summed E-state index contributed by atoms with van der Waals surface area (Å²) in [7, 11) is 1.44. The zero-order chi connectivity index (χ0) is 40.7. The van der Waals surface area contributed by atoms with Gasteiger partial charge in [0, 0.05) is 12.8 Å². The molecule has 0 saturated carbocycles. The summed E-state index contributed by atoms with van der Waals surface area (Å²) in [6, 6.07) is 0. The van der Waals surface area contributed by atoms with Crippen molar-refractivity contribution in [2.45, 2.75) is 168 Å². The van der Waals surface area contributed by atoms with Crippen LogP contribution in [0.15, 0.2) is 60.8 Å². The second-order valence-corrected chi connectivity index (χ2v) is 16.8. The van der Waals surface area contributed by atoms with Gasteiger partial charge in [0.15, 0.2) is 6.10 Å². The fourth-order valence-electron chi connectivity index (χ4n) is 5.46. The minimum absolute atomic E-state index is 0.0216. The van der Waals surface area contributed by atoms with Gasteiger partial charge in [0.2, 0.25) is 0 Å². The molecular formula is C45H81NO8P+. The van der Waals surface area contributed by atoms with Crippen molar-refractivity contribution in [3.05, 3.63) is 60.8 Å². The molecule has 0 aliphatic rings. The minimum Gasteiger partial charge on any atom is -0.462 e. The summed E-state index contributed by atoms with van der Waals surface area (Å²) in [5, 5.41) is 0. The van der Waals surface area contributed by atoms with E-state index >= 15 is 0 Å². The molecule has 0 spiro atoms. The molecule has 0 aliphatic carbocycles. The van der Waals surface area contributed by atoms with E-state index < -0.39 is 32.5 Å². The van der Waals surface area contributed by atoms with Crippen molar-refractivity contribution in [2.24, 2.45) is 0 Å². The number of carbonyl (C=O) groups is 2. The number of carbonyl (C=O) groups excluding carboxylic acids is 2. The molecule has 55 heavy (non-hydrogen) atoms. The number of nitrogens with zero attached hydrogens (tertiary/aromatic N) is 1. The van der Waals surface area contributed by atoms with Gasteiger partial charge >= 0.3 is 19.8 Å². The van der Waals surface area contributed by atoms with E-state index in [0.29, 0.717) is 23.9 Å². The van der Waals surface area contributed by atoms with E-state index in [0.717, 1.165) is 51.4 Å². The number of hydrogen-bond donors (Lipinski definition) is 1. The number of hydrogen-bond acceptors (Lipinski definition) is 7. The number of rotatable bonds is 38. The lowest BCUT2D eigenvalue weighted by molar-refractivity contribution is -0.870. The molecule has 1 unspecified atom stereocenters. The average Bonchev–Trinajstić information content (AvgIpc) is 3.13. The summed E-state index contributed by atoms with van der Waals surface area (Å²) in [5.74, 6) is -0.868. The molecule has 10 heteroatoms. The molecule has 0 aromatic heterocycles. The molecular weight excluding hydrogens is 713 g/mol. The van der Waals surface area contributed by atoms with E-state index in [1.165, 1.54) is 70.6 Å². The highest BCUT2D eigenvalue weighted by Crippen LogP contribution is 2.43. The molecule has 0 amide bonds. The number of quaternary nitrogens is 1.